The van der Waals surface area contributed by atoms with Gasteiger partial charge in [0.1, 0.15) is 5.75 Å². The first-order valence-corrected chi connectivity index (χ1v) is 13.8. The van der Waals surface area contributed by atoms with Crippen molar-refractivity contribution in [3.8, 4) is 17.9 Å². The lowest BCUT2D eigenvalue weighted by Gasteiger charge is -2.20. The fourth-order valence-corrected chi connectivity index (χ4v) is 6.09. The van der Waals surface area contributed by atoms with Crippen molar-refractivity contribution in [2.75, 3.05) is 33.4 Å². The van der Waals surface area contributed by atoms with E-state index in [9.17, 15) is 13.2 Å². The molecule has 0 fully saturated rings. The van der Waals surface area contributed by atoms with Gasteiger partial charge in [0.25, 0.3) is 5.91 Å². The van der Waals surface area contributed by atoms with Crippen molar-refractivity contribution < 1.29 is 22.7 Å². The van der Waals surface area contributed by atoms with Gasteiger partial charge < -0.3 is 14.0 Å². The second-order valence-corrected chi connectivity index (χ2v) is 10.7. The van der Waals surface area contributed by atoms with Crippen LogP contribution in [0, 0.1) is 22.7 Å². The maximum Gasteiger partial charge on any atom is 0.279 e. The number of sulfonamides is 1. The van der Waals surface area contributed by atoms with E-state index < -0.39 is 15.9 Å². The summed E-state index contributed by atoms with van der Waals surface area (Å²) in [7, 11) is -2.33. The molecular formula is C25H27N5O5S2. The van der Waals surface area contributed by atoms with Gasteiger partial charge in [-0.25, -0.2) is 8.42 Å². The third-order valence-electron chi connectivity index (χ3n) is 5.37. The van der Waals surface area contributed by atoms with Crippen molar-refractivity contribution in [1.29, 1.82) is 10.5 Å². The minimum absolute atomic E-state index is 0.00437. The average molecular weight is 542 g/mol. The molecule has 1 aromatic heterocycles. The van der Waals surface area contributed by atoms with Crippen LogP contribution < -0.4 is 9.54 Å². The molecule has 194 valence electrons. The number of carbonyl (C=O) groups is 1. The van der Waals surface area contributed by atoms with Crippen LogP contribution in [0.25, 0.3) is 10.2 Å². The largest absolute Gasteiger partial charge is 0.494 e. The summed E-state index contributed by atoms with van der Waals surface area (Å²) in [6.07, 6.45) is 0.00875. The molecule has 0 radical (unpaired) electrons. The van der Waals surface area contributed by atoms with Crippen molar-refractivity contribution >= 4 is 37.5 Å². The SMILES string of the molecule is CCOc1ccc2c(c1)sc(=NC(=O)c1ccc(S(=O)(=O)N(CCC#N)CCC#N)cc1)n2CCOC. The van der Waals surface area contributed by atoms with Gasteiger partial charge in [-0.3, -0.25) is 4.79 Å². The summed E-state index contributed by atoms with van der Waals surface area (Å²) in [4.78, 5) is 17.8. The maximum atomic E-state index is 13.0. The fraction of sp³-hybridized carbons (Fsp3) is 0.360. The minimum atomic E-state index is -3.93. The second kappa shape index (κ2) is 13.1. The van der Waals surface area contributed by atoms with Gasteiger partial charge in [-0.05, 0) is 49.4 Å². The molecule has 1 amide bonds. The Labute approximate surface area is 219 Å². The Hall–Kier alpha value is -3.55. The molecule has 37 heavy (non-hydrogen) atoms. The lowest BCUT2D eigenvalue weighted by molar-refractivity contribution is 0.0997. The number of fused-ring (bicyclic) bond motifs is 1. The highest BCUT2D eigenvalue weighted by molar-refractivity contribution is 7.89. The molecule has 0 aliphatic heterocycles. The lowest BCUT2D eigenvalue weighted by atomic mass is 10.2. The lowest BCUT2D eigenvalue weighted by Crippen LogP contribution is -2.32. The molecule has 0 aliphatic carbocycles. The zero-order chi connectivity index (χ0) is 26.8. The summed E-state index contributed by atoms with van der Waals surface area (Å²) >= 11 is 1.35. The maximum absolute atomic E-state index is 13.0. The fourth-order valence-electron chi connectivity index (χ4n) is 3.57. The quantitative estimate of drug-likeness (QED) is 0.343. The zero-order valence-corrected chi connectivity index (χ0v) is 22.2. The van der Waals surface area contributed by atoms with Crippen LogP contribution in [0.2, 0.25) is 0 Å². The highest BCUT2D eigenvalue weighted by Crippen LogP contribution is 2.24. The second-order valence-electron chi connectivity index (χ2n) is 7.75. The van der Waals surface area contributed by atoms with Gasteiger partial charge in [0.2, 0.25) is 10.0 Å². The zero-order valence-electron chi connectivity index (χ0n) is 20.6. The molecule has 0 spiro atoms. The van der Waals surface area contributed by atoms with Crippen LogP contribution in [0.3, 0.4) is 0 Å². The Balaban J connectivity index is 1.93. The van der Waals surface area contributed by atoms with Crippen LogP contribution in [0.1, 0.15) is 30.1 Å². The number of aromatic nitrogens is 1. The number of hydrogen-bond donors (Lipinski definition) is 0. The number of carbonyl (C=O) groups excluding carboxylic acids is 1. The number of amides is 1. The molecule has 0 atom stereocenters. The van der Waals surface area contributed by atoms with Crippen LogP contribution in [0.5, 0.6) is 5.75 Å². The number of ether oxygens (including phenoxy) is 2. The Morgan fingerprint density at radius 2 is 1.78 bits per heavy atom. The van der Waals surface area contributed by atoms with E-state index in [0.29, 0.717) is 24.6 Å². The van der Waals surface area contributed by atoms with Gasteiger partial charge in [0.05, 0.1) is 40.5 Å². The summed E-state index contributed by atoms with van der Waals surface area (Å²) in [5, 5.41) is 17.7. The Morgan fingerprint density at radius 1 is 1.11 bits per heavy atom. The van der Waals surface area contributed by atoms with E-state index in [2.05, 4.69) is 4.99 Å². The van der Waals surface area contributed by atoms with E-state index in [1.54, 1.807) is 7.11 Å². The topological polar surface area (TPSA) is 138 Å². The molecule has 1 heterocycles. The van der Waals surface area contributed by atoms with Crippen LogP contribution >= 0.6 is 11.3 Å². The average Bonchev–Trinajstić information content (AvgIpc) is 3.23. The highest BCUT2D eigenvalue weighted by atomic mass is 32.2. The highest BCUT2D eigenvalue weighted by Gasteiger charge is 2.24. The van der Waals surface area contributed by atoms with E-state index in [-0.39, 0.29) is 36.4 Å². The van der Waals surface area contributed by atoms with E-state index in [4.69, 9.17) is 20.0 Å². The molecular weight excluding hydrogens is 514 g/mol. The minimum Gasteiger partial charge on any atom is -0.494 e. The molecule has 3 rings (SSSR count). The predicted molar refractivity (Wildman–Crippen MR) is 138 cm³/mol. The van der Waals surface area contributed by atoms with Crippen molar-refractivity contribution in [3.63, 3.8) is 0 Å². The molecule has 3 aromatic rings. The van der Waals surface area contributed by atoms with Gasteiger partial charge in [0.15, 0.2) is 4.80 Å². The van der Waals surface area contributed by atoms with E-state index in [1.165, 1.54) is 35.6 Å². The first-order chi connectivity index (χ1) is 17.8. The number of thiazole rings is 1. The smallest absolute Gasteiger partial charge is 0.279 e. The molecule has 0 N–H and O–H groups in total. The standard InChI is InChI=1S/C25H27N5O5S2/c1-3-35-20-8-11-22-23(18-20)36-25(30(22)16-17-34-2)28-24(31)19-6-9-21(10-7-19)37(32,33)29(14-4-12-26)15-5-13-27/h6-11,18H,3-5,14-17H2,1-2H3. The van der Waals surface area contributed by atoms with Crippen LogP contribution in [-0.4, -0.2) is 56.6 Å². The third-order valence-corrected chi connectivity index (χ3v) is 8.32. The number of nitriles is 2. The molecule has 0 unspecified atom stereocenters. The van der Waals surface area contributed by atoms with Gasteiger partial charge >= 0.3 is 0 Å². The number of nitrogens with zero attached hydrogens (tertiary/aromatic N) is 5. The predicted octanol–water partition coefficient (Wildman–Crippen LogP) is 3.31. The Morgan fingerprint density at radius 3 is 2.38 bits per heavy atom. The molecule has 10 nitrogen and oxygen atoms in total. The Kier molecular flexibility index (Phi) is 9.94. The van der Waals surface area contributed by atoms with Gasteiger partial charge in [0, 0.05) is 45.1 Å². The molecule has 0 saturated carbocycles. The van der Waals surface area contributed by atoms with E-state index >= 15 is 0 Å². The van der Waals surface area contributed by atoms with Gasteiger partial charge in [-0.1, -0.05) is 11.3 Å². The van der Waals surface area contributed by atoms with E-state index in [0.717, 1.165) is 20.3 Å². The van der Waals surface area contributed by atoms with Crippen molar-refractivity contribution in [2.45, 2.75) is 31.2 Å². The third kappa shape index (κ3) is 6.81. The molecule has 0 aliphatic rings. The summed E-state index contributed by atoms with van der Waals surface area (Å²) < 4.78 is 40.7. The molecule has 0 bridgehead atoms. The number of benzene rings is 2. The molecule has 12 heteroatoms. The molecule has 0 saturated heterocycles. The number of hydrogen-bond acceptors (Lipinski definition) is 8. The van der Waals surface area contributed by atoms with Crippen molar-refractivity contribution in [3.05, 3.63) is 52.8 Å². The monoisotopic (exact) mass is 541 g/mol. The van der Waals surface area contributed by atoms with Crippen LogP contribution in [0.15, 0.2) is 52.4 Å². The summed E-state index contributed by atoms with van der Waals surface area (Å²) in [6, 6.07) is 15.0. The Bertz CT molecular complexity index is 1480. The van der Waals surface area contributed by atoms with Crippen LogP contribution in [-0.2, 0) is 21.3 Å². The molecule has 2 aromatic carbocycles. The van der Waals surface area contributed by atoms with Gasteiger partial charge in [-0.15, -0.1) is 0 Å². The first kappa shape index (κ1) is 28.0. The summed E-state index contributed by atoms with van der Waals surface area (Å²) in [5.74, 6) is 0.209. The van der Waals surface area contributed by atoms with Crippen LogP contribution in [0.4, 0.5) is 0 Å². The number of methoxy groups -OCH3 is 1. The first-order valence-electron chi connectivity index (χ1n) is 11.5. The van der Waals surface area contributed by atoms with Crippen molar-refractivity contribution in [2.24, 2.45) is 4.99 Å². The van der Waals surface area contributed by atoms with Crippen molar-refractivity contribution in [1.82, 2.24) is 8.87 Å². The summed E-state index contributed by atoms with van der Waals surface area (Å²) in [5.41, 5.74) is 1.12. The normalized spacial score (nSPS) is 12.0. The summed E-state index contributed by atoms with van der Waals surface area (Å²) in [6.45, 7) is 3.33. The van der Waals surface area contributed by atoms with E-state index in [1.807, 2.05) is 41.8 Å². The number of rotatable bonds is 12. The van der Waals surface area contributed by atoms with Gasteiger partial charge in [-0.2, -0.15) is 19.8 Å².